The second-order valence-corrected chi connectivity index (χ2v) is 12.3. The van der Waals surface area contributed by atoms with Crippen molar-refractivity contribution in [3.63, 3.8) is 0 Å². The summed E-state index contributed by atoms with van der Waals surface area (Å²) >= 11 is 0. The van der Waals surface area contributed by atoms with Crippen LogP contribution in [0.2, 0.25) is 6.32 Å². The fraction of sp³-hybridized carbons (Fsp3) is 0.371. The van der Waals surface area contributed by atoms with Crippen molar-refractivity contribution in [1.29, 1.82) is 0 Å². The molecule has 10 heteroatoms. The lowest BCUT2D eigenvalue weighted by Crippen LogP contribution is -2.46. The zero-order chi connectivity index (χ0) is 31.8. The lowest BCUT2D eigenvalue weighted by Gasteiger charge is -2.43. The third-order valence-corrected chi connectivity index (χ3v) is 9.63. The number of aromatic hydroxyl groups is 1. The van der Waals surface area contributed by atoms with Gasteiger partial charge in [0.15, 0.2) is 0 Å². The van der Waals surface area contributed by atoms with E-state index in [0.29, 0.717) is 25.7 Å². The summed E-state index contributed by atoms with van der Waals surface area (Å²) in [5, 5.41) is 34.5. The van der Waals surface area contributed by atoms with Gasteiger partial charge in [-0.2, -0.15) is 0 Å². The fourth-order valence-corrected chi connectivity index (χ4v) is 7.66. The van der Waals surface area contributed by atoms with Crippen LogP contribution in [0.15, 0.2) is 77.4 Å². The molecular formula is C35H37BN2O7. The molecule has 3 aromatic carbocycles. The van der Waals surface area contributed by atoms with Crippen LogP contribution < -0.4 is 4.90 Å². The van der Waals surface area contributed by atoms with Crippen molar-refractivity contribution >= 4 is 47.2 Å². The molecule has 3 aliphatic rings. The van der Waals surface area contributed by atoms with Crippen molar-refractivity contribution < 1.29 is 29.3 Å². The predicted octanol–water partition coefficient (Wildman–Crippen LogP) is 6.83. The van der Waals surface area contributed by atoms with E-state index >= 15 is 0 Å². The van der Waals surface area contributed by atoms with Crippen LogP contribution in [0.5, 0.6) is 5.75 Å². The number of non-ortho nitro benzene ring substituents is 1. The van der Waals surface area contributed by atoms with E-state index in [0.717, 1.165) is 45.2 Å². The number of nitro benzene ring substituents is 1. The summed E-state index contributed by atoms with van der Waals surface area (Å²) in [4.78, 5) is 39.6. The molecule has 2 saturated heterocycles. The molecule has 6 rings (SSSR count). The number of anilines is 1. The van der Waals surface area contributed by atoms with Gasteiger partial charge in [-0.25, -0.2) is 4.90 Å². The number of nitrogens with zero attached hydrogens (tertiary/aromatic N) is 2. The maximum Gasteiger partial charge on any atom is 0.455 e. The van der Waals surface area contributed by atoms with Gasteiger partial charge >= 0.3 is 7.12 Å². The number of hydrogen-bond donors (Lipinski definition) is 2. The molecular weight excluding hydrogens is 571 g/mol. The standard InChI is InChI=1S/C35H37BN2O7/c1-3-8-21(17-23-14-15-30(39)27-12-6-5-11-26(23)27)13-16-31-32-22(4-2)18-28-33(29(32)20-36(42)45-31)35(41)37(34(28)40)24-9-7-10-25(19-24)38(43)44/h5-7,9-12,14-15,17,19,28-29,31,33,39,42H,3-4,8,13,16,18,20H2,1-2H3/b21-17+/t28-,29+,31-,33-/m1/s1. The molecule has 2 fully saturated rings. The Morgan fingerprint density at radius 3 is 2.56 bits per heavy atom. The monoisotopic (exact) mass is 608 g/mol. The minimum Gasteiger partial charge on any atom is -0.507 e. The predicted molar refractivity (Wildman–Crippen MR) is 173 cm³/mol. The summed E-state index contributed by atoms with van der Waals surface area (Å²) in [6, 6.07) is 17.1. The second kappa shape index (κ2) is 12.6. The number of benzene rings is 3. The number of amides is 2. The first-order chi connectivity index (χ1) is 21.7. The molecule has 0 unspecified atom stereocenters. The lowest BCUT2D eigenvalue weighted by molar-refractivity contribution is -0.384. The van der Waals surface area contributed by atoms with E-state index in [1.54, 1.807) is 12.1 Å². The molecule has 2 amide bonds. The Labute approximate surface area is 262 Å². The Morgan fingerprint density at radius 1 is 1.04 bits per heavy atom. The van der Waals surface area contributed by atoms with Gasteiger partial charge in [-0.15, -0.1) is 0 Å². The molecule has 0 saturated carbocycles. The van der Waals surface area contributed by atoms with Gasteiger partial charge in [0, 0.05) is 17.5 Å². The van der Waals surface area contributed by atoms with Crippen LogP contribution in [-0.4, -0.2) is 40.1 Å². The SMILES string of the molecule is CCC/C(=C\c1ccc(O)c2ccccc12)CC[C@H]1OB(O)C[C@H]2C1=C(CC)C[C@H]1C(=O)N(c3cccc([N+](=O)[O-])c3)C(=O)[C@H]12. The van der Waals surface area contributed by atoms with Crippen LogP contribution >= 0.6 is 0 Å². The van der Waals surface area contributed by atoms with Crippen molar-refractivity contribution in [2.45, 2.75) is 64.8 Å². The number of imide groups is 1. The van der Waals surface area contributed by atoms with Crippen LogP contribution in [0.3, 0.4) is 0 Å². The zero-order valence-corrected chi connectivity index (χ0v) is 25.5. The van der Waals surface area contributed by atoms with E-state index in [4.69, 9.17) is 4.65 Å². The van der Waals surface area contributed by atoms with E-state index in [1.165, 1.54) is 23.8 Å². The van der Waals surface area contributed by atoms with Gasteiger partial charge in [0.25, 0.3) is 5.69 Å². The molecule has 1 aliphatic carbocycles. The van der Waals surface area contributed by atoms with Crippen molar-refractivity contribution in [3.05, 3.63) is 93.1 Å². The fourth-order valence-electron chi connectivity index (χ4n) is 7.66. The van der Waals surface area contributed by atoms with Gasteiger partial charge in [-0.05, 0) is 73.0 Å². The summed E-state index contributed by atoms with van der Waals surface area (Å²) in [7, 11) is -1.07. The van der Waals surface area contributed by atoms with Crippen LogP contribution in [-0.2, 0) is 14.2 Å². The summed E-state index contributed by atoms with van der Waals surface area (Å²) < 4.78 is 6.17. The topological polar surface area (TPSA) is 130 Å². The van der Waals surface area contributed by atoms with E-state index in [-0.39, 0.29) is 41.2 Å². The third kappa shape index (κ3) is 5.68. The van der Waals surface area contributed by atoms with Gasteiger partial charge in [-0.1, -0.05) is 73.9 Å². The highest BCUT2D eigenvalue weighted by Crippen LogP contribution is 2.52. The highest BCUT2D eigenvalue weighted by atomic mass is 16.6. The normalized spacial score (nSPS) is 23.5. The number of rotatable bonds is 9. The first-order valence-corrected chi connectivity index (χ1v) is 15.8. The summed E-state index contributed by atoms with van der Waals surface area (Å²) in [5.74, 6) is -2.06. The summed E-state index contributed by atoms with van der Waals surface area (Å²) in [6.07, 6.45) is 6.28. The van der Waals surface area contributed by atoms with Crippen LogP contribution in [0.1, 0.15) is 57.9 Å². The van der Waals surface area contributed by atoms with E-state index < -0.39 is 30.0 Å². The van der Waals surface area contributed by atoms with Gasteiger partial charge in [0.05, 0.1) is 28.6 Å². The Hall–Kier alpha value is -4.28. The average Bonchev–Trinajstić information content (AvgIpc) is 3.29. The molecule has 0 radical (unpaired) electrons. The molecule has 0 spiro atoms. The van der Waals surface area contributed by atoms with Crippen LogP contribution in [0, 0.1) is 27.9 Å². The van der Waals surface area contributed by atoms with Gasteiger partial charge in [0.1, 0.15) is 5.75 Å². The molecule has 2 heterocycles. The van der Waals surface area contributed by atoms with Crippen LogP contribution in [0.4, 0.5) is 11.4 Å². The van der Waals surface area contributed by atoms with E-state index in [9.17, 15) is 29.8 Å². The van der Waals surface area contributed by atoms with Gasteiger partial charge in [0.2, 0.25) is 11.8 Å². The number of fused-ring (bicyclic) bond motifs is 4. The number of hydrogen-bond acceptors (Lipinski definition) is 7. The van der Waals surface area contributed by atoms with Gasteiger partial charge in [-0.3, -0.25) is 19.7 Å². The molecule has 3 aromatic rings. The highest BCUT2D eigenvalue weighted by molar-refractivity contribution is 6.43. The quantitative estimate of drug-likeness (QED) is 0.0896. The van der Waals surface area contributed by atoms with Crippen molar-refractivity contribution in [1.82, 2.24) is 0 Å². The number of carbonyl (C=O) groups excluding carboxylic acids is 2. The maximum absolute atomic E-state index is 13.9. The number of phenolic OH excluding ortho intramolecular Hbond substituents is 1. The average molecular weight is 609 g/mol. The Bertz CT molecular complexity index is 1730. The smallest absolute Gasteiger partial charge is 0.455 e. The summed E-state index contributed by atoms with van der Waals surface area (Å²) in [5.41, 5.74) is 4.38. The Balaban J connectivity index is 1.29. The van der Waals surface area contributed by atoms with Gasteiger partial charge < -0.3 is 14.8 Å². The van der Waals surface area contributed by atoms with E-state index in [1.807, 2.05) is 37.3 Å². The molecule has 0 aromatic heterocycles. The zero-order valence-electron chi connectivity index (χ0n) is 25.5. The molecule has 4 atom stereocenters. The van der Waals surface area contributed by atoms with Crippen molar-refractivity contribution in [2.24, 2.45) is 17.8 Å². The molecule has 45 heavy (non-hydrogen) atoms. The minimum atomic E-state index is -1.07. The number of allylic oxidation sites excluding steroid dienone is 2. The largest absolute Gasteiger partial charge is 0.507 e. The number of nitro groups is 1. The molecule has 2 N–H and O–H groups in total. The molecule has 2 aliphatic heterocycles. The Kier molecular flexibility index (Phi) is 8.62. The third-order valence-electron chi connectivity index (χ3n) is 9.63. The second-order valence-electron chi connectivity index (χ2n) is 12.3. The lowest BCUT2D eigenvalue weighted by atomic mass is 9.58. The number of phenols is 1. The molecule has 232 valence electrons. The first kappa shape index (κ1) is 30.7. The van der Waals surface area contributed by atoms with Crippen molar-refractivity contribution in [3.8, 4) is 5.75 Å². The minimum absolute atomic E-state index is 0.186. The van der Waals surface area contributed by atoms with Crippen LogP contribution in [0.25, 0.3) is 16.8 Å². The molecule has 9 nitrogen and oxygen atoms in total. The highest BCUT2D eigenvalue weighted by Gasteiger charge is 2.57. The molecule has 0 bridgehead atoms. The number of carbonyl (C=O) groups is 2. The van der Waals surface area contributed by atoms with Crippen molar-refractivity contribution in [2.75, 3.05) is 4.90 Å². The maximum atomic E-state index is 13.9. The van der Waals surface area contributed by atoms with E-state index in [2.05, 4.69) is 13.0 Å². The first-order valence-electron chi connectivity index (χ1n) is 15.8. The Morgan fingerprint density at radius 2 is 1.82 bits per heavy atom. The summed E-state index contributed by atoms with van der Waals surface area (Å²) in [6.45, 7) is 4.17.